The number of hydrogen-bond donors (Lipinski definition) is 2. The van der Waals surface area contributed by atoms with Crippen LogP contribution in [-0.2, 0) is 0 Å². The molecule has 5 nitrogen and oxygen atoms in total. The van der Waals surface area contributed by atoms with Crippen LogP contribution in [0.2, 0.25) is 0 Å². The Balaban J connectivity index is 2.21. The van der Waals surface area contributed by atoms with Crippen LogP contribution >= 0.6 is 0 Å². The summed E-state index contributed by atoms with van der Waals surface area (Å²) in [5, 5.41) is 9.32. The number of nitrogens with zero attached hydrogens (tertiary/aromatic N) is 2. The Morgan fingerprint density at radius 1 is 1.38 bits per heavy atom. The van der Waals surface area contributed by atoms with E-state index in [9.17, 15) is 4.79 Å². The van der Waals surface area contributed by atoms with Gasteiger partial charge < -0.3 is 5.32 Å². The molecule has 0 aliphatic carbocycles. The predicted octanol–water partition coefficient (Wildman–Crippen LogP) is 1.67. The summed E-state index contributed by atoms with van der Waals surface area (Å²) in [6, 6.07) is 1.85. The summed E-state index contributed by atoms with van der Waals surface area (Å²) in [5.74, 6) is -0.178. The van der Waals surface area contributed by atoms with E-state index in [1.165, 1.54) is 6.20 Å². The van der Waals surface area contributed by atoms with Gasteiger partial charge in [-0.25, -0.2) is 0 Å². The third-order valence-corrected chi connectivity index (χ3v) is 2.36. The molecule has 5 heteroatoms. The summed E-state index contributed by atoms with van der Waals surface area (Å²) in [5.41, 5.74) is 2.99. The van der Waals surface area contributed by atoms with Gasteiger partial charge in [0.05, 0.1) is 23.6 Å². The molecule has 0 bridgehead atoms. The topological polar surface area (TPSA) is 70.7 Å². The first-order chi connectivity index (χ1) is 7.68. The van der Waals surface area contributed by atoms with Crippen molar-refractivity contribution in [2.45, 2.75) is 13.8 Å². The lowest BCUT2D eigenvalue weighted by Gasteiger charge is -2.06. The highest BCUT2D eigenvalue weighted by Crippen LogP contribution is 2.13. The van der Waals surface area contributed by atoms with Crippen molar-refractivity contribution in [1.29, 1.82) is 0 Å². The van der Waals surface area contributed by atoms with Crippen LogP contribution in [0.4, 0.5) is 5.69 Å². The molecule has 2 aromatic heterocycles. The lowest BCUT2D eigenvalue weighted by Crippen LogP contribution is -2.13. The fourth-order valence-corrected chi connectivity index (χ4v) is 1.36. The molecule has 0 aliphatic heterocycles. The molecular formula is C11H12N4O. The van der Waals surface area contributed by atoms with Crippen molar-refractivity contribution in [1.82, 2.24) is 15.2 Å². The van der Waals surface area contributed by atoms with E-state index in [0.717, 1.165) is 11.3 Å². The maximum absolute atomic E-state index is 11.8. The van der Waals surface area contributed by atoms with Crippen LogP contribution < -0.4 is 5.32 Å². The summed E-state index contributed by atoms with van der Waals surface area (Å²) in [6.07, 6.45) is 4.83. The number of rotatable bonds is 2. The minimum absolute atomic E-state index is 0.178. The summed E-state index contributed by atoms with van der Waals surface area (Å²) in [7, 11) is 0. The Kier molecular flexibility index (Phi) is 2.68. The van der Waals surface area contributed by atoms with E-state index >= 15 is 0 Å². The van der Waals surface area contributed by atoms with Gasteiger partial charge in [-0.1, -0.05) is 0 Å². The van der Waals surface area contributed by atoms with Gasteiger partial charge in [-0.05, 0) is 25.5 Å². The number of aromatic nitrogens is 3. The fraction of sp³-hybridized carbons (Fsp3) is 0.182. The fourth-order valence-electron chi connectivity index (χ4n) is 1.36. The van der Waals surface area contributed by atoms with E-state index in [1.807, 2.05) is 13.0 Å². The van der Waals surface area contributed by atoms with Crippen LogP contribution in [0, 0.1) is 13.8 Å². The van der Waals surface area contributed by atoms with E-state index in [0.29, 0.717) is 11.3 Å². The number of pyridine rings is 1. The summed E-state index contributed by atoms with van der Waals surface area (Å²) < 4.78 is 0. The highest BCUT2D eigenvalue weighted by atomic mass is 16.1. The number of aryl methyl sites for hydroxylation is 2. The molecule has 0 spiro atoms. The second-order valence-electron chi connectivity index (χ2n) is 3.55. The number of anilines is 1. The van der Waals surface area contributed by atoms with Crippen LogP contribution in [0.25, 0.3) is 0 Å². The van der Waals surface area contributed by atoms with Crippen molar-refractivity contribution in [3.05, 3.63) is 41.5 Å². The molecule has 0 saturated heterocycles. The average molecular weight is 216 g/mol. The van der Waals surface area contributed by atoms with E-state index in [1.54, 1.807) is 19.3 Å². The molecule has 0 unspecified atom stereocenters. The Bertz CT molecular complexity index is 518. The van der Waals surface area contributed by atoms with Gasteiger partial charge in [0.2, 0.25) is 0 Å². The molecule has 0 saturated carbocycles. The van der Waals surface area contributed by atoms with Gasteiger partial charge in [-0.2, -0.15) is 5.10 Å². The third-order valence-electron chi connectivity index (χ3n) is 2.36. The molecule has 2 aromatic rings. The first-order valence-electron chi connectivity index (χ1n) is 4.90. The van der Waals surface area contributed by atoms with Crippen molar-refractivity contribution >= 4 is 11.6 Å². The molecular weight excluding hydrogens is 204 g/mol. The second-order valence-corrected chi connectivity index (χ2v) is 3.55. The molecule has 0 radical (unpaired) electrons. The minimum atomic E-state index is -0.178. The molecule has 0 aromatic carbocycles. The summed E-state index contributed by atoms with van der Waals surface area (Å²) in [6.45, 7) is 3.72. The number of amides is 1. The molecule has 2 rings (SSSR count). The molecule has 0 aliphatic rings. The number of H-pyrrole nitrogens is 1. The number of carbonyl (C=O) groups excluding carboxylic acids is 1. The van der Waals surface area contributed by atoms with Gasteiger partial charge in [0.1, 0.15) is 0 Å². The van der Waals surface area contributed by atoms with Crippen LogP contribution in [-0.4, -0.2) is 21.1 Å². The zero-order valence-corrected chi connectivity index (χ0v) is 9.11. The van der Waals surface area contributed by atoms with E-state index in [4.69, 9.17) is 0 Å². The van der Waals surface area contributed by atoms with Crippen LogP contribution in [0.5, 0.6) is 0 Å². The highest BCUT2D eigenvalue weighted by Gasteiger charge is 2.11. The van der Waals surface area contributed by atoms with Gasteiger partial charge in [0.15, 0.2) is 0 Å². The molecule has 82 valence electrons. The van der Waals surface area contributed by atoms with Crippen LogP contribution in [0.3, 0.4) is 0 Å². The SMILES string of the molecule is Cc1ccncc1NC(=O)c1cn[nH]c1C. The lowest BCUT2D eigenvalue weighted by molar-refractivity contribution is 0.102. The van der Waals surface area contributed by atoms with Crippen LogP contribution in [0.15, 0.2) is 24.7 Å². The monoisotopic (exact) mass is 216 g/mol. The van der Waals surface area contributed by atoms with Crippen molar-refractivity contribution < 1.29 is 4.79 Å². The first-order valence-corrected chi connectivity index (χ1v) is 4.90. The maximum Gasteiger partial charge on any atom is 0.259 e. The number of hydrogen-bond acceptors (Lipinski definition) is 3. The zero-order chi connectivity index (χ0) is 11.5. The largest absolute Gasteiger partial charge is 0.320 e. The van der Waals surface area contributed by atoms with Crippen LogP contribution in [0.1, 0.15) is 21.6 Å². The molecule has 0 atom stereocenters. The van der Waals surface area contributed by atoms with Gasteiger partial charge >= 0.3 is 0 Å². The van der Waals surface area contributed by atoms with Crippen molar-refractivity contribution in [3.8, 4) is 0 Å². The molecule has 2 N–H and O–H groups in total. The average Bonchev–Trinajstić information content (AvgIpc) is 2.68. The number of carbonyl (C=O) groups is 1. The van der Waals surface area contributed by atoms with Crippen molar-refractivity contribution in [3.63, 3.8) is 0 Å². The Morgan fingerprint density at radius 2 is 2.19 bits per heavy atom. The van der Waals surface area contributed by atoms with Crippen molar-refractivity contribution in [2.75, 3.05) is 5.32 Å². The van der Waals surface area contributed by atoms with Crippen molar-refractivity contribution in [2.24, 2.45) is 0 Å². The predicted molar refractivity (Wildman–Crippen MR) is 60.3 cm³/mol. The zero-order valence-electron chi connectivity index (χ0n) is 9.11. The first kappa shape index (κ1) is 10.4. The molecule has 16 heavy (non-hydrogen) atoms. The quantitative estimate of drug-likeness (QED) is 0.802. The smallest absolute Gasteiger partial charge is 0.259 e. The maximum atomic E-state index is 11.8. The van der Waals surface area contributed by atoms with E-state index < -0.39 is 0 Å². The Hall–Kier alpha value is -2.17. The van der Waals surface area contributed by atoms with Gasteiger partial charge in [0, 0.05) is 11.9 Å². The van der Waals surface area contributed by atoms with E-state index in [2.05, 4.69) is 20.5 Å². The third kappa shape index (κ3) is 1.93. The highest BCUT2D eigenvalue weighted by molar-refractivity contribution is 6.05. The summed E-state index contributed by atoms with van der Waals surface area (Å²) >= 11 is 0. The minimum Gasteiger partial charge on any atom is -0.320 e. The summed E-state index contributed by atoms with van der Waals surface area (Å²) in [4.78, 5) is 15.8. The van der Waals surface area contributed by atoms with Gasteiger partial charge in [0.25, 0.3) is 5.91 Å². The lowest BCUT2D eigenvalue weighted by atomic mass is 10.2. The van der Waals surface area contributed by atoms with Gasteiger partial charge in [-0.3, -0.25) is 14.9 Å². The number of aromatic amines is 1. The Morgan fingerprint density at radius 3 is 2.81 bits per heavy atom. The van der Waals surface area contributed by atoms with E-state index in [-0.39, 0.29) is 5.91 Å². The molecule has 0 fully saturated rings. The van der Waals surface area contributed by atoms with Gasteiger partial charge in [-0.15, -0.1) is 0 Å². The second kappa shape index (κ2) is 4.14. The molecule has 1 amide bonds. The Labute approximate surface area is 92.9 Å². The standard InChI is InChI=1S/C11H12N4O/c1-7-3-4-12-6-10(7)14-11(16)9-5-13-15-8(9)2/h3-6H,1-2H3,(H,13,15)(H,14,16). The number of nitrogens with one attached hydrogen (secondary N) is 2. The normalized spacial score (nSPS) is 10.1. The molecule has 2 heterocycles.